The van der Waals surface area contributed by atoms with Crippen LogP contribution in [0.1, 0.15) is 47.9 Å². The zero-order valence-corrected chi connectivity index (χ0v) is 18.9. The number of rotatable bonds is 5. The molecule has 0 unspecified atom stereocenters. The van der Waals surface area contributed by atoms with Gasteiger partial charge in [-0.1, -0.05) is 6.07 Å². The molecule has 0 spiro atoms. The second kappa shape index (κ2) is 7.96. The highest BCUT2D eigenvalue weighted by molar-refractivity contribution is 5.92. The quantitative estimate of drug-likeness (QED) is 0.621. The summed E-state index contributed by atoms with van der Waals surface area (Å²) in [6.45, 7) is 5.72. The second-order valence-corrected chi connectivity index (χ2v) is 9.68. The summed E-state index contributed by atoms with van der Waals surface area (Å²) in [5, 5.41) is 0. The van der Waals surface area contributed by atoms with E-state index in [0.717, 1.165) is 55.7 Å². The number of nitrogens with zero attached hydrogens (tertiary/aromatic N) is 6. The van der Waals surface area contributed by atoms with Gasteiger partial charge in [0.15, 0.2) is 0 Å². The molecule has 168 valence electrons. The maximum atomic E-state index is 13.3. The monoisotopic (exact) mass is 432 g/mol. The van der Waals surface area contributed by atoms with E-state index in [0.29, 0.717) is 6.54 Å². The van der Waals surface area contributed by atoms with E-state index in [1.165, 1.54) is 31.5 Å². The minimum atomic E-state index is 0.120. The lowest BCUT2D eigenvalue weighted by atomic mass is 10.1. The normalized spacial score (nSPS) is 22.2. The Morgan fingerprint density at radius 1 is 1.06 bits per heavy atom. The molecule has 32 heavy (non-hydrogen) atoms. The van der Waals surface area contributed by atoms with Crippen LogP contribution < -0.4 is 4.90 Å². The highest BCUT2D eigenvalue weighted by Crippen LogP contribution is 2.35. The van der Waals surface area contributed by atoms with E-state index in [1.807, 2.05) is 34.8 Å². The topological polar surface area (TPSA) is 49.0 Å². The SMILES string of the molecule is Cn1cccc1C(=O)N1CCN(CC2CC2)[C@H](c2cn3c(N4CCCC4)cccc3n2)C1. The summed E-state index contributed by atoms with van der Waals surface area (Å²) in [6, 6.07) is 10.4. The van der Waals surface area contributed by atoms with Crippen LogP contribution in [0.15, 0.2) is 42.7 Å². The average molecular weight is 433 g/mol. The first-order chi connectivity index (χ1) is 15.7. The van der Waals surface area contributed by atoms with E-state index in [-0.39, 0.29) is 11.9 Å². The molecule has 1 amide bonds. The average Bonchev–Trinajstić information content (AvgIpc) is 3.21. The van der Waals surface area contributed by atoms with Crippen molar-refractivity contribution in [3.8, 4) is 0 Å². The number of pyridine rings is 1. The Morgan fingerprint density at radius 3 is 2.66 bits per heavy atom. The number of hydrogen-bond donors (Lipinski definition) is 0. The van der Waals surface area contributed by atoms with Crippen LogP contribution in [0.5, 0.6) is 0 Å². The van der Waals surface area contributed by atoms with Crippen LogP contribution >= 0.6 is 0 Å². The van der Waals surface area contributed by atoms with Gasteiger partial charge in [-0.2, -0.15) is 0 Å². The van der Waals surface area contributed by atoms with E-state index < -0.39 is 0 Å². The van der Waals surface area contributed by atoms with Crippen molar-refractivity contribution in [2.45, 2.75) is 31.7 Å². The van der Waals surface area contributed by atoms with E-state index >= 15 is 0 Å². The van der Waals surface area contributed by atoms with Crippen molar-refractivity contribution in [1.29, 1.82) is 0 Å². The van der Waals surface area contributed by atoms with Crippen molar-refractivity contribution in [1.82, 2.24) is 23.8 Å². The summed E-state index contributed by atoms with van der Waals surface area (Å²) in [6.07, 6.45) is 9.34. The van der Waals surface area contributed by atoms with E-state index in [9.17, 15) is 4.79 Å². The van der Waals surface area contributed by atoms with Crippen LogP contribution in [0.25, 0.3) is 5.65 Å². The minimum Gasteiger partial charge on any atom is -0.358 e. The van der Waals surface area contributed by atoms with Gasteiger partial charge < -0.3 is 14.4 Å². The van der Waals surface area contributed by atoms with Crippen LogP contribution in [-0.4, -0.2) is 68.9 Å². The van der Waals surface area contributed by atoms with Crippen LogP contribution in [-0.2, 0) is 7.05 Å². The van der Waals surface area contributed by atoms with Gasteiger partial charge in [-0.25, -0.2) is 4.98 Å². The fourth-order valence-electron chi connectivity index (χ4n) is 5.36. The van der Waals surface area contributed by atoms with Gasteiger partial charge in [0.05, 0.1) is 11.7 Å². The Balaban J connectivity index is 1.32. The molecule has 7 heteroatoms. The smallest absolute Gasteiger partial charge is 0.270 e. The molecule has 3 aliphatic rings. The van der Waals surface area contributed by atoms with Crippen LogP contribution in [0, 0.1) is 5.92 Å². The number of hydrogen-bond acceptors (Lipinski definition) is 4. The Hall–Kier alpha value is -2.80. The summed E-state index contributed by atoms with van der Waals surface area (Å²) in [4.78, 5) is 25.4. The number of piperazine rings is 1. The molecule has 0 radical (unpaired) electrons. The van der Waals surface area contributed by atoms with E-state index in [1.54, 1.807) is 0 Å². The molecule has 3 aromatic heterocycles. The Morgan fingerprint density at radius 2 is 1.91 bits per heavy atom. The van der Waals surface area contributed by atoms with E-state index in [2.05, 4.69) is 38.6 Å². The fourth-order valence-corrected chi connectivity index (χ4v) is 5.36. The molecule has 2 aliphatic heterocycles. The largest absolute Gasteiger partial charge is 0.358 e. The molecule has 1 atom stereocenters. The highest BCUT2D eigenvalue weighted by Gasteiger charge is 2.36. The molecular weight excluding hydrogens is 400 g/mol. The van der Waals surface area contributed by atoms with Gasteiger partial charge in [-0.05, 0) is 55.9 Å². The van der Waals surface area contributed by atoms with Gasteiger partial charge >= 0.3 is 0 Å². The fraction of sp³-hybridized carbons (Fsp3) is 0.520. The van der Waals surface area contributed by atoms with Crippen molar-refractivity contribution in [3.05, 3.63) is 54.1 Å². The molecule has 5 heterocycles. The third-order valence-electron chi connectivity index (χ3n) is 7.39. The number of anilines is 1. The second-order valence-electron chi connectivity index (χ2n) is 9.68. The zero-order valence-electron chi connectivity index (χ0n) is 18.9. The van der Waals surface area contributed by atoms with Crippen LogP contribution in [0.4, 0.5) is 5.82 Å². The Bertz CT molecular complexity index is 1120. The third kappa shape index (κ3) is 3.58. The molecule has 3 aromatic rings. The van der Waals surface area contributed by atoms with Crippen molar-refractivity contribution in [3.63, 3.8) is 0 Å². The number of aryl methyl sites for hydroxylation is 1. The molecule has 0 bridgehead atoms. The van der Waals surface area contributed by atoms with Gasteiger partial charge in [0.2, 0.25) is 0 Å². The lowest BCUT2D eigenvalue weighted by Crippen LogP contribution is -2.51. The first-order valence-corrected chi connectivity index (χ1v) is 12.0. The number of amides is 1. The summed E-state index contributed by atoms with van der Waals surface area (Å²) in [7, 11) is 1.94. The van der Waals surface area contributed by atoms with Crippen LogP contribution in [0.2, 0.25) is 0 Å². The van der Waals surface area contributed by atoms with Gasteiger partial charge in [0.25, 0.3) is 5.91 Å². The van der Waals surface area contributed by atoms with Gasteiger partial charge in [-0.3, -0.25) is 14.1 Å². The lowest BCUT2D eigenvalue weighted by Gasteiger charge is -2.41. The summed E-state index contributed by atoms with van der Waals surface area (Å²) >= 11 is 0. The third-order valence-corrected chi connectivity index (χ3v) is 7.39. The zero-order chi connectivity index (χ0) is 21.7. The van der Waals surface area contributed by atoms with Crippen molar-refractivity contribution in [2.24, 2.45) is 13.0 Å². The minimum absolute atomic E-state index is 0.120. The maximum absolute atomic E-state index is 13.3. The lowest BCUT2D eigenvalue weighted by molar-refractivity contribution is 0.0451. The molecule has 1 saturated carbocycles. The summed E-state index contributed by atoms with van der Waals surface area (Å²) < 4.78 is 4.18. The maximum Gasteiger partial charge on any atom is 0.270 e. The summed E-state index contributed by atoms with van der Waals surface area (Å²) in [5.74, 6) is 2.17. The van der Waals surface area contributed by atoms with Crippen molar-refractivity contribution >= 4 is 17.4 Å². The molecule has 2 saturated heterocycles. The molecule has 6 rings (SSSR count). The van der Waals surface area contributed by atoms with E-state index in [4.69, 9.17) is 4.98 Å². The van der Waals surface area contributed by atoms with Crippen LogP contribution in [0.3, 0.4) is 0 Å². The number of carbonyl (C=O) groups is 1. The summed E-state index contributed by atoms with van der Waals surface area (Å²) in [5.41, 5.74) is 2.84. The predicted molar refractivity (Wildman–Crippen MR) is 125 cm³/mol. The van der Waals surface area contributed by atoms with Crippen molar-refractivity contribution in [2.75, 3.05) is 44.2 Å². The number of carbonyl (C=O) groups excluding carboxylic acids is 1. The predicted octanol–water partition coefficient (Wildman–Crippen LogP) is 3.18. The highest BCUT2D eigenvalue weighted by atomic mass is 16.2. The number of aromatic nitrogens is 3. The number of fused-ring (bicyclic) bond motifs is 1. The Labute approximate surface area is 189 Å². The molecule has 0 aromatic carbocycles. The molecular formula is C25H32N6O. The Kier molecular flexibility index (Phi) is 4.94. The standard InChI is InChI=1S/C25H32N6O/c1-27-11-5-6-21(27)25(32)30-15-14-29(16-19-9-10-19)22(18-30)20-17-31-23(26-20)7-4-8-24(31)28-12-2-3-13-28/h4-8,11,17,19,22H,2-3,9-10,12-16,18H2,1H3/t22-/m0/s1. The van der Waals surface area contributed by atoms with Gasteiger partial charge in [0, 0.05) is 58.7 Å². The first-order valence-electron chi connectivity index (χ1n) is 12.0. The van der Waals surface area contributed by atoms with Gasteiger partial charge in [-0.15, -0.1) is 0 Å². The van der Waals surface area contributed by atoms with Gasteiger partial charge in [0.1, 0.15) is 17.2 Å². The molecule has 1 aliphatic carbocycles. The molecule has 0 N–H and O–H groups in total. The first kappa shape index (κ1) is 19.9. The molecule has 7 nitrogen and oxygen atoms in total. The van der Waals surface area contributed by atoms with Crippen molar-refractivity contribution < 1.29 is 4.79 Å². The number of imidazole rings is 1. The molecule has 3 fully saturated rings.